The largest absolute Gasteiger partial charge is 0.308 e. The summed E-state index contributed by atoms with van der Waals surface area (Å²) in [5.41, 5.74) is 11.1. The first-order valence-corrected chi connectivity index (χ1v) is 15.5. The molecule has 0 N–H and O–H groups in total. The van der Waals surface area contributed by atoms with E-state index in [1.807, 2.05) is 29.8 Å². The first-order chi connectivity index (χ1) is 21.8. The molecule has 0 spiro atoms. The van der Waals surface area contributed by atoms with Crippen LogP contribution in [0.4, 0.5) is 0 Å². The quantitative estimate of drug-likeness (QED) is 0.208. The predicted molar refractivity (Wildman–Crippen MR) is 186 cm³/mol. The third-order valence-corrected chi connectivity index (χ3v) is 9.63. The number of benzene rings is 5. The fourth-order valence-corrected chi connectivity index (χ4v) is 7.46. The molecule has 44 heavy (non-hydrogen) atoms. The zero-order valence-corrected chi connectivity index (χ0v) is 24.5. The number of nitrogens with zero attached hydrogens (tertiary/aromatic N) is 3. The van der Waals surface area contributed by atoms with Crippen molar-refractivity contribution in [1.29, 1.82) is 0 Å². The van der Waals surface area contributed by atoms with Gasteiger partial charge in [0.2, 0.25) is 0 Å². The lowest BCUT2D eigenvalue weighted by Crippen LogP contribution is -1.94. The monoisotopic (exact) mass is 579 g/mol. The zero-order valence-electron chi connectivity index (χ0n) is 23.7. The van der Waals surface area contributed by atoms with Gasteiger partial charge in [-0.3, -0.25) is 9.97 Å². The molecule has 0 saturated heterocycles. The SMILES string of the molecule is c1ccc(-c2cnc3c4cc5c(cc4n(-c4ccc(-c6ccnc(-c7ccccc7)c6)cc4)c3c2)sc2ccccc25)cc1. The van der Waals surface area contributed by atoms with Gasteiger partial charge in [-0.05, 0) is 65.2 Å². The van der Waals surface area contributed by atoms with Gasteiger partial charge >= 0.3 is 0 Å². The van der Waals surface area contributed by atoms with E-state index < -0.39 is 0 Å². The van der Waals surface area contributed by atoms with Gasteiger partial charge < -0.3 is 4.57 Å². The average molecular weight is 580 g/mol. The average Bonchev–Trinajstić information content (AvgIpc) is 3.62. The minimum atomic E-state index is 0.974. The van der Waals surface area contributed by atoms with Crippen LogP contribution in [-0.4, -0.2) is 14.5 Å². The standard InChI is InChI=1S/C40H25N3S/c1-3-9-26(10-4-1)30-22-37-40(42-25-30)34-23-33-32-13-7-8-14-38(32)44-39(33)24-36(34)43(37)31-17-15-27(16-18-31)29-19-20-41-35(21-29)28-11-5-2-6-12-28/h1-25H. The van der Waals surface area contributed by atoms with Crippen molar-refractivity contribution in [1.82, 2.24) is 14.5 Å². The van der Waals surface area contributed by atoms with Crippen LogP contribution < -0.4 is 0 Å². The van der Waals surface area contributed by atoms with Crippen molar-refractivity contribution < 1.29 is 0 Å². The lowest BCUT2D eigenvalue weighted by molar-refractivity contribution is 1.18. The first-order valence-electron chi connectivity index (χ1n) is 14.7. The number of hydrogen-bond donors (Lipinski definition) is 0. The molecule has 0 saturated carbocycles. The summed E-state index contributed by atoms with van der Waals surface area (Å²) in [5, 5.41) is 3.75. The van der Waals surface area contributed by atoms with Crippen molar-refractivity contribution >= 4 is 53.4 Å². The van der Waals surface area contributed by atoms with Crippen LogP contribution in [0.5, 0.6) is 0 Å². The highest BCUT2D eigenvalue weighted by molar-refractivity contribution is 7.25. The molecule has 0 bridgehead atoms. The lowest BCUT2D eigenvalue weighted by atomic mass is 10.0. The number of pyridine rings is 2. The maximum atomic E-state index is 5.08. The molecule has 0 aliphatic carbocycles. The van der Waals surface area contributed by atoms with E-state index in [-0.39, 0.29) is 0 Å². The maximum absolute atomic E-state index is 5.08. The van der Waals surface area contributed by atoms with E-state index in [0.29, 0.717) is 0 Å². The minimum Gasteiger partial charge on any atom is -0.308 e. The van der Waals surface area contributed by atoms with Crippen LogP contribution in [0.2, 0.25) is 0 Å². The second kappa shape index (κ2) is 10.0. The number of thiophene rings is 1. The number of aromatic nitrogens is 3. The van der Waals surface area contributed by atoms with Crippen LogP contribution in [0.3, 0.4) is 0 Å². The summed E-state index contributed by atoms with van der Waals surface area (Å²) in [7, 11) is 0. The molecule has 3 nitrogen and oxygen atoms in total. The number of rotatable bonds is 4. The summed E-state index contributed by atoms with van der Waals surface area (Å²) < 4.78 is 4.97. The van der Waals surface area contributed by atoms with E-state index in [9.17, 15) is 0 Å². The third kappa shape index (κ3) is 4.03. The Kier molecular flexibility index (Phi) is 5.68. The van der Waals surface area contributed by atoms with E-state index in [1.54, 1.807) is 0 Å². The molecule has 0 aliphatic heterocycles. The summed E-state index contributed by atoms with van der Waals surface area (Å²) in [6.07, 6.45) is 3.90. The Hall–Kier alpha value is -5.58. The molecule has 9 rings (SSSR count). The zero-order chi connectivity index (χ0) is 29.0. The molecule has 0 fully saturated rings. The number of hydrogen-bond acceptors (Lipinski definition) is 3. The van der Waals surface area contributed by atoms with Crippen molar-refractivity contribution in [2.45, 2.75) is 0 Å². The van der Waals surface area contributed by atoms with Crippen molar-refractivity contribution in [2.75, 3.05) is 0 Å². The molecule has 0 atom stereocenters. The fourth-order valence-electron chi connectivity index (χ4n) is 6.34. The summed E-state index contributed by atoms with van der Waals surface area (Å²) in [5.74, 6) is 0. The van der Waals surface area contributed by atoms with Crippen LogP contribution >= 0.6 is 11.3 Å². The summed E-state index contributed by atoms with van der Waals surface area (Å²) >= 11 is 1.85. The summed E-state index contributed by atoms with van der Waals surface area (Å²) in [6.45, 7) is 0. The smallest absolute Gasteiger partial charge is 0.0964 e. The van der Waals surface area contributed by atoms with Crippen LogP contribution in [0.15, 0.2) is 152 Å². The van der Waals surface area contributed by atoms with Gasteiger partial charge in [0.25, 0.3) is 0 Å². The molecular formula is C40H25N3S. The van der Waals surface area contributed by atoms with Crippen LogP contribution in [0.1, 0.15) is 0 Å². The van der Waals surface area contributed by atoms with E-state index >= 15 is 0 Å². The Bertz CT molecular complexity index is 2470. The van der Waals surface area contributed by atoms with Gasteiger partial charge in [-0.15, -0.1) is 11.3 Å². The van der Waals surface area contributed by atoms with Gasteiger partial charge in [0.1, 0.15) is 0 Å². The predicted octanol–water partition coefficient (Wildman–Crippen LogP) is 10.9. The Balaban J connectivity index is 1.24. The Morgan fingerprint density at radius 3 is 2.00 bits per heavy atom. The Labute approximate surface area is 258 Å². The van der Waals surface area contributed by atoms with Gasteiger partial charge in [0.05, 0.1) is 22.2 Å². The van der Waals surface area contributed by atoms with E-state index in [1.165, 1.54) is 31.1 Å². The van der Waals surface area contributed by atoms with Gasteiger partial charge in [0, 0.05) is 54.8 Å². The summed E-state index contributed by atoms with van der Waals surface area (Å²) in [6, 6.07) is 49.6. The molecule has 0 aliphatic rings. The summed E-state index contributed by atoms with van der Waals surface area (Å²) in [4.78, 5) is 9.71. The lowest BCUT2D eigenvalue weighted by Gasteiger charge is -2.11. The highest BCUT2D eigenvalue weighted by atomic mass is 32.1. The van der Waals surface area contributed by atoms with Crippen molar-refractivity contribution in [2.24, 2.45) is 0 Å². The molecule has 9 aromatic rings. The molecule has 0 amide bonds. The molecule has 206 valence electrons. The van der Waals surface area contributed by atoms with Crippen molar-refractivity contribution in [3.8, 4) is 39.2 Å². The van der Waals surface area contributed by atoms with Gasteiger partial charge in [-0.2, -0.15) is 0 Å². The fraction of sp³-hybridized carbons (Fsp3) is 0. The first kappa shape index (κ1) is 25.0. The molecule has 4 aromatic heterocycles. The van der Waals surface area contributed by atoms with Crippen molar-refractivity contribution in [3.05, 3.63) is 152 Å². The molecular weight excluding hydrogens is 555 g/mol. The molecule has 4 heterocycles. The Morgan fingerprint density at radius 2 is 1.18 bits per heavy atom. The van der Waals surface area contributed by atoms with Crippen LogP contribution in [-0.2, 0) is 0 Å². The van der Waals surface area contributed by atoms with Crippen LogP contribution in [0.25, 0.3) is 81.3 Å². The molecule has 0 radical (unpaired) electrons. The Morgan fingerprint density at radius 1 is 0.455 bits per heavy atom. The molecule has 4 heteroatoms. The van der Waals surface area contributed by atoms with Crippen molar-refractivity contribution in [3.63, 3.8) is 0 Å². The van der Waals surface area contributed by atoms with Gasteiger partial charge in [-0.25, -0.2) is 0 Å². The van der Waals surface area contributed by atoms with E-state index in [2.05, 4.69) is 143 Å². The second-order valence-corrected chi connectivity index (χ2v) is 12.2. The molecule has 0 unspecified atom stereocenters. The normalized spacial score (nSPS) is 11.6. The van der Waals surface area contributed by atoms with Crippen LogP contribution in [0, 0.1) is 0 Å². The second-order valence-electron chi connectivity index (χ2n) is 11.1. The van der Waals surface area contributed by atoms with E-state index in [0.717, 1.165) is 50.2 Å². The third-order valence-electron chi connectivity index (χ3n) is 8.49. The minimum absolute atomic E-state index is 0.974. The highest BCUT2D eigenvalue weighted by Crippen LogP contribution is 2.41. The topological polar surface area (TPSA) is 30.7 Å². The van der Waals surface area contributed by atoms with Gasteiger partial charge in [0.15, 0.2) is 0 Å². The number of fused-ring (bicyclic) bond motifs is 6. The molecule has 5 aromatic carbocycles. The van der Waals surface area contributed by atoms with Gasteiger partial charge in [-0.1, -0.05) is 91.0 Å². The highest BCUT2D eigenvalue weighted by Gasteiger charge is 2.17. The van der Waals surface area contributed by atoms with E-state index in [4.69, 9.17) is 4.98 Å². The maximum Gasteiger partial charge on any atom is 0.0964 e.